The van der Waals surface area contributed by atoms with Crippen molar-refractivity contribution in [2.24, 2.45) is 0 Å². The fourth-order valence-electron chi connectivity index (χ4n) is 4.53. The molecule has 0 N–H and O–H groups in total. The molecule has 1 aliphatic heterocycles. The molecule has 0 spiro atoms. The van der Waals surface area contributed by atoms with Crippen molar-refractivity contribution in [2.75, 3.05) is 0 Å². The SMILES string of the molecule is CC(=O)C1=C(Cc2ccccc2)ON(Cc2cccc3ccccc23)C1c1ccccc1. The molecule has 1 aliphatic rings. The molecule has 1 atom stereocenters. The zero-order valence-corrected chi connectivity index (χ0v) is 18.1. The molecule has 0 aromatic heterocycles. The Hall–Kier alpha value is -3.69. The Morgan fingerprint density at radius 2 is 1.47 bits per heavy atom. The highest BCUT2D eigenvalue weighted by molar-refractivity contribution is 5.95. The second-order valence-electron chi connectivity index (χ2n) is 8.17. The van der Waals surface area contributed by atoms with Gasteiger partial charge in [0, 0.05) is 6.42 Å². The molecule has 1 heterocycles. The summed E-state index contributed by atoms with van der Waals surface area (Å²) in [7, 11) is 0. The number of carbonyl (C=O) groups is 1. The van der Waals surface area contributed by atoms with Gasteiger partial charge in [0.05, 0.1) is 12.1 Å². The number of Topliss-reactive ketones (excluding diaryl/α,β-unsaturated/α-hetero) is 1. The minimum absolute atomic E-state index is 0.0465. The molecule has 3 heteroatoms. The second-order valence-corrected chi connectivity index (χ2v) is 8.17. The highest BCUT2D eigenvalue weighted by Crippen LogP contribution is 2.41. The van der Waals surface area contributed by atoms with Crippen molar-refractivity contribution in [3.05, 3.63) is 131 Å². The Bertz CT molecular complexity index is 1270. The van der Waals surface area contributed by atoms with Gasteiger partial charge in [-0.1, -0.05) is 103 Å². The van der Waals surface area contributed by atoms with E-state index in [4.69, 9.17) is 4.84 Å². The number of hydrogen-bond acceptors (Lipinski definition) is 3. The second kappa shape index (κ2) is 8.81. The summed E-state index contributed by atoms with van der Waals surface area (Å²) in [6.45, 7) is 2.22. The van der Waals surface area contributed by atoms with Crippen LogP contribution in [-0.2, 0) is 22.6 Å². The lowest BCUT2D eigenvalue weighted by molar-refractivity contribution is -0.130. The minimum Gasteiger partial charge on any atom is -0.408 e. The van der Waals surface area contributed by atoms with Gasteiger partial charge in [-0.2, -0.15) is 0 Å². The maximum absolute atomic E-state index is 12.9. The van der Waals surface area contributed by atoms with Crippen molar-refractivity contribution >= 4 is 16.6 Å². The predicted molar refractivity (Wildman–Crippen MR) is 128 cm³/mol. The van der Waals surface area contributed by atoms with Crippen molar-refractivity contribution in [3.63, 3.8) is 0 Å². The number of ketones is 1. The average molecular weight is 420 g/mol. The van der Waals surface area contributed by atoms with Gasteiger partial charge in [-0.05, 0) is 34.4 Å². The fraction of sp³-hybridized carbons (Fsp3) is 0.138. The van der Waals surface area contributed by atoms with Gasteiger partial charge in [-0.25, -0.2) is 0 Å². The predicted octanol–water partition coefficient (Wildman–Crippen LogP) is 6.41. The molecule has 4 aromatic carbocycles. The lowest BCUT2D eigenvalue weighted by atomic mass is 9.93. The molecular weight excluding hydrogens is 394 g/mol. The summed E-state index contributed by atoms with van der Waals surface area (Å²) in [5, 5.41) is 4.36. The van der Waals surface area contributed by atoms with Gasteiger partial charge in [-0.15, -0.1) is 5.06 Å². The Labute approximate surface area is 188 Å². The van der Waals surface area contributed by atoms with Crippen LogP contribution < -0.4 is 0 Å². The number of hydrogen-bond donors (Lipinski definition) is 0. The summed E-state index contributed by atoms with van der Waals surface area (Å²) in [6, 6.07) is 34.8. The Morgan fingerprint density at radius 3 is 2.22 bits per heavy atom. The number of carbonyl (C=O) groups excluding carboxylic acids is 1. The van der Waals surface area contributed by atoms with E-state index in [1.165, 1.54) is 16.3 Å². The molecule has 4 aromatic rings. The third kappa shape index (κ3) is 3.95. The van der Waals surface area contributed by atoms with E-state index in [2.05, 4.69) is 66.7 Å². The van der Waals surface area contributed by atoms with Gasteiger partial charge < -0.3 is 4.84 Å². The third-order valence-electron chi connectivity index (χ3n) is 6.00. The number of fused-ring (bicyclic) bond motifs is 1. The van der Waals surface area contributed by atoms with Gasteiger partial charge >= 0.3 is 0 Å². The molecule has 32 heavy (non-hydrogen) atoms. The molecule has 0 fully saturated rings. The van der Waals surface area contributed by atoms with E-state index in [0.29, 0.717) is 13.0 Å². The minimum atomic E-state index is -0.244. The van der Waals surface area contributed by atoms with Crippen LogP contribution in [0, 0.1) is 0 Å². The maximum atomic E-state index is 12.9. The van der Waals surface area contributed by atoms with Crippen molar-refractivity contribution in [2.45, 2.75) is 25.9 Å². The van der Waals surface area contributed by atoms with Crippen LogP contribution in [0.15, 0.2) is 114 Å². The van der Waals surface area contributed by atoms with Crippen LogP contribution in [-0.4, -0.2) is 10.8 Å². The van der Waals surface area contributed by atoms with Gasteiger partial charge in [0.15, 0.2) is 5.78 Å². The van der Waals surface area contributed by atoms with Crippen LogP contribution in [0.3, 0.4) is 0 Å². The van der Waals surface area contributed by atoms with E-state index in [-0.39, 0.29) is 11.8 Å². The molecule has 1 unspecified atom stereocenters. The highest BCUT2D eigenvalue weighted by atomic mass is 16.7. The number of nitrogens with zero attached hydrogens (tertiary/aromatic N) is 1. The van der Waals surface area contributed by atoms with Crippen molar-refractivity contribution in [1.29, 1.82) is 0 Å². The van der Waals surface area contributed by atoms with E-state index in [9.17, 15) is 4.79 Å². The average Bonchev–Trinajstić information content (AvgIpc) is 3.18. The largest absolute Gasteiger partial charge is 0.408 e. The summed E-state index contributed by atoms with van der Waals surface area (Å²) < 4.78 is 0. The Morgan fingerprint density at radius 1 is 0.812 bits per heavy atom. The summed E-state index contributed by atoms with van der Waals surface area (Å²) >= 11 is 0. The van der Waals surface area contributed by atoms with Gasteiger partial charge in [0.2, 0.25) is 0 Å². The zero-order valence-electron chi connectivity index (χ0n) is 18.1. The maximum Gasteiger partial charge on any atom is 0.161 e. The smallest absolute Gasteiger partial charge is 0.161 e. The van der Waals surface area contributed by atoms with Crippen LogP contribution in [0.5, 0.6) is 0 Å². The van der Waals surface area contributed by atoms with E-state index in [1.54, 1.807) is 6.92 Å². The lowest BCUT2D eigenvalue weighted by Gasteiger charge is -2.25. The monoisotopic (exact) mass is 419 g/mol. The number of rotatable bonds is 6. The molecule has 0 radical (unpaired) electrons. The highest BCUT2D eigenvalue weighted by Gasteiger charge is 2.38. The van der Waals surface area contributed by atoms with Crippen molar-refractivity contribution in [3.8, 4) is 0 Å². The first-order valence-electron chi connectivity index (χ1n) is 10.9. The van der Waals surface area contributed by atoms with Crippen LogP contribution in [0.2, 0.25) is 0 Å². The first-order valence-corrected chi connectivity index (χ1v) is 10.9. The molecule has 0 aliphatic carbocycles. The Balaban J connectivity index is 1.57. The van der Waals surface area contributed by atoms with Crippen LogP contribution in [0.1, 0.15) is 29.7 Å². The summed E-state index contributed by atoms with van der Waals surface area (Å²) in [4.78, 5) is 19.3. The van der Waals surface area contributed by atoms with E-state index >= 15 is 0 Å². The molecule has 0 saturated heterocycles. The normalized spacial score (nSPS) is 16.3. The number of hydroxylamine groups is 2. The number of allylic oxidation sites excluding steroid dienone is 1. The first-order chi connectivity index (χ1) is 15.7. The van der Waals surface area contributed by atoms with Crippen LogP contribution >= 0.6 is 0 Å². The van der Waals surface area contributed by atoms with Gasteiger partial charge in [0.1, 0.15) is 11.8 Å². The molecular formula is C29H25NO2. The summed E-state index contributed by atoms with van der Waals surface area (Å²) in [5.74, 6) is 0.781. The summed E-state index contributed by atoms with van der Waals surface area (Å²) in [5.41, 5.74) is 4.09. The first kappa shape index (κ1) is 20.2. The standard InChI is InChI=1S/C29H25NO2/c1-21(31)28-27(19-22-11-4-2-5-12-22)32-30(29(28)24-14-6-3-7-15-24)20-25-17-10-16-23-13-8-9-18-26(23)25/h2-18,29H,19-20H2,1H3. The van der Waals surface area contributed by atoms with Crippen molar-refractivity contribution < 1.29 is 9.63 Å². The molecule has 0 saturated carbocycles. The third-order valence-corrected chi connectivity index (χ3v) is 6.00. The molecule has 0 amide bonds. The quantitative estimate of drug-likeness (QED) is 0.361. The van der Waals surface area contributed by atoms with E-state index < -0.39 is 0 Å². The molecule has 5 rings (SSSR count). The molecule has 0 bridgehead atoms. The summed E-state index contributed by atoms with van der Waals surface area (Å²) in [6.07, 6.45) is 0.588. The van der Waals surface area contributed by atoms with Gasteiger partial charge in [0.25, 0.3) is 0 Å². The topological polar surface area (TPSA) is 29.5 Å². The van der Waals surface area contributed by atoms with Crippen LogP contribution in [0.25, 0.3) is 10.8 Å². The van der Waals surface area contributed by atoms with Gasteiger partial charge in [-0.3, -0.25) is 4.79 Å². The van der Waals surface area contributed by atoms with E-state index in [1.807, 2.05) is 41.5 Å². The van der Waals surface area contributed by atoms with E-state index in [0.717, 1.165) is 22.5 Å². The fourth-order valence-corrected chi connectivity index (χ4v) is 4.53. The Kier molecular flexibility index (Phi) is 5.57. The lowest BCUT2D eigenvalue weighted by Crippen LogP contribution is -2.25. The zero-order chi connectivity index (χ0) is 21.9. The number of benzene rings is 4. The molecule has 158 valence electrons. The van der Waals surface area contributed by atoms with Crippen LogP contribution in [0.4, 0.5) is 0 Å². The van der Waals surface area contributed by atoms with Crippen molar-refractivity contribution in [1.82, 2.24) is 5.06 Å². The molecule has 3 nitrogen and oxygen atoms in total.